The fraction of sp³-hybridized carbons (Fsp3) is 0.632. The van der Waals surface area contributed by atoms with Crippen LogP contribution in [0.4, 0.5) is 0 Å². The van der Waals surface area contributed by atoms with Crippen LogP contribution < -0.4 is 0 Å². The van der Waals surface area contributed by atoms with Crippen molar-refractivity contribution in [1.82, 2.24) is 9.80 Å². The summed E-state index contributed by atoms with van der Waals surface area (Å²) in [5.41, 5.74) is 0.901. The average molecular weight is 367 g/mol. The number of benzene rings is 1. The predicted molar refractivity (Wildman–Crippen MR) is 98.0 cm³/mol. The molecule has 1 aromatic rings. The van der Waals surface area contributed by atoms with Crippen molar-refractivity contribution in [3.05, 3.63) is 34.9 Å². The zero-order chi connectivity index (χ0) is 17.5. The molecule has 0 aliphatic carbocycles. The van der Waals surface area contributed by atoms with Crippen molar-refractivity contribution < 1.29 is 14.3 Å². The van der Waals surface area contributed by atoms with Gasteiger partial charge in [-0.1, -0.05) is 29.8 Å². The standard InChI is InChI=1S/C19H27ClN2O3/c20-18-4-2-1-3-16(18)15-19(23)22(17-5-11-24-12-6-17)8-7-21-9-13-25-14-10-21/h1-4,17H,5-15H2. The summed E-state index contributed by atoms with van der Waals surface area (Å²) >= 11 is 6.24. The third kappa shape index (κ3) is 5.42. The number of carbonyl (C=O) groups excluding carboxylic acids is 1. The first-order valence-electron chi connectivity index (χ1n) is 9.15. The molecule has 6 heteroatoms. The molecule has 0 unspecified atom stereocenters. The first kappa shape index (κ1) is 18.6. The number of hydrogen-bond donors (Lipinski definition) is 0. The SMILES string of the molecule is O=C(Cc1ccccc1Cl)N(CCN1CCOCC1)C1CCOCC1. The van der Waals surface area contributed by atoms with Crippen LogP contribution in [0.15, 0.2) is 24.3 Å². The zero-order valence-electron chi connectivity index (χ0n) is 14.7. The minimum Gasteiger partial charge on any atom is -0.381 e. The Labute approximate surface area is 154 Å². The van der Waals surface area contributed by atoms with Gasteiger partial charge >= 0.3 is 0 Å². The highest BCUT2D eigenvalue weighted by Gasteiger charge is 2.26. The van der Waals surface area contributed by atoms with Crippen LogP contribution in [0.2, 0.25) is 5.02 Å². The maximum Gasteiger partial charge on any atom is 0.227 e. The van der Waals surface area contributed by atoms with Crippen LogP contribution >= 0.6 is 11.6 Å². The first-order chi connectivity index (χ1) is 12.2. The average Bonchev–Trinajstić information content (AvgIpc) is 2.65. The van der Waals surface area contributed by atoms with Gasteiger partial charge in [-0.2, -0.15) is 0 Å². The highest BCUT2D eigenvalue weighted by Crippen LogP contribution is 2.20. The van der Waals surface area contributed by atoms with Gasteiger partial charge in [0.2, 0.25) is 5.91 Å². The molecular formula is C19H27ClN2O3. The van der Waals surface area contributed by atoms with Crippen LogP contribution in [-0.4, -0.2) is 74.4 Å². The van der Waals surface area contributed by atoms with Gasteiger partial charge in [0.25, 0.3) is 0 Å². The molecule has 0 spiro atoms. The van der Waals surface area contributed by atoms with E-state index < -0.39 is 0 Å². The number of morpholine rings is 1. The summed E-state index contributed by atoms with van der Waals surface area (Å²) in [4.78, 5) is 17.5. The van der Waals surface area contributed by atoms with Gasteiger partial charge in [-0.05, 0) is 24.5 Å². The molecule has 3 rings (SSSR count). The largest absolute Gasteiger partial charge is 0.381 e. The van der Waals surface area contributed by atoms with Gasteiger partial charge in [-0.15, -0.1) is 0 Å². The van der Waals surface area contributed by atoms with Crippen molar-refractivity contribution in [3.8, 4) is 0 Å². The molecule has 138 valence electrons. The number of ether oxygens (including phenoxy) is 2. The molecule has 2 aliphatic heterocycles. The van der Waals surface area contributed by atoms with Crippen molar-refractivity contribution in [2.75, 3.05) is 52.6 Å². The molecule has 1 aromatic carbocycles. The summed E-state index contributed by atoms with van der Waals surface area (Å²) in [5.74, 6) is 0.160. The first-order valence-corrected chi connectivity index (χ1v) is 9.52. The van der Waals surface area contributed by atoms with E-state index in [1.807, 2.05) is 24.3 Å². The van der Waals surface area contributed by atoms with E-state index in [0.29, 0.717) is 11.4 Å². The topological polar surface area (TPSA) is 42.0 Å². The van der Waals surface area contributed by atoms with Crippen LogP contribution in [0.3, 0.4) is 0 Å². The Morgan fingerprint density at radius 1 is 1.12 bits per heavy atom. The van der Waals surface area contributed by atoms with Crippen LogP contribution in [0.25, 0.3) is 0 Å². The van der Waals surface area contributed by atoms with Crippen LogP contribution in [0.1, 0.15) is 18.4 Å². The number of nitrogens with zero attached hydrogens (tertiary/aromatic N) is 2. The van der Waals surface area contributed by atoms with E-state index in [9.17, 15) is 4.79 Å². The van der Waals surface area contributed by atoms with Gasteiger partial charge < -0.3 is 14.4 Å². The normalized spacial score (nSPS) is 19.7. The second-order valence-corrected chi connectivity index (χ2v) is 7.06. The predicted octanol–water partition coefficient (Wildman–Crippen LogP) is 2.22. The monoisotopic (exact) mass is 366 g/mol. The van der Waals surface area contributed by atoms with E-state index >= 15 is 0 Å². The number of hydrogen-bond acceptors (Lipinski definition) is 4. The van der Waals surface area contributed by atoms with E-state index in [1.54, 1.807) is 0 Å². The molecule has 0 aromatic heterocycles. The number of halogens is 1. The van der Waals surface area contributed by atoms with Gasteiger partial charge in [-0.25, -0.2) is 0 Å². The highest BCUT2D eigenvalue weighted by molar-refractivity contribution is 6.31. The zero-order valence-corrected chi connectivity index (χ0v) is 15.4. The summed E-state index contributed by atoms with van der Waals surface area (Å²) in [5, 5.41) is 0.663. The van der Waals surface area contributed by atoms with Crippen molar-refractivity contribution in [2.45, 2.75) is 25.3 Å². The fourth-order valence-corrected chi connectivity index (χ4v) is 3.69. The Kier molecular flexibility index (Phi) is 7.11. The Balaban J connectivity index is 1.64. The number of rotatable bonds is 6. The Morgan fingerprint density at radius 3 is 2.52 bits per heavy atom. The molecule has 2 heterocycles. The van der Waals surface area contributed by atoms with Crippen LogP contribution in [0.5, 0.6) is 0 Å². The summed E-state index contributed by atoms with van der Waals surface area (Å²) in [6.07, 6.45) is 2.19. The lowest BCUT2D eigenvalue weighted by Crippen LogP contribution is -2.49. The van der Waals surface area contributed by atoms with E-state index in [-0.39, 0.29) is 11.9 Å². The van der Waals surface area contributed by atoms with E-state index in [2.05, 4.69) is 9.80 Å². The van der Waals surface area contributed by atoms with Crippen molar-refractivity contribution in [2.24, 2.45) is 0 Å². The molecule has 25 heavy (non-hydrogen) atoms. The molecule has 2 saturated heterocycles. The second kappa shape index (κ2) is 9.53. The molecule has 2 aliphatic rings. The molecule has 2 fully saturated rings. The maximum absolute atomic E-state index is 13.0. The molecule has 0 bridgehead atoms. The van der Waals surface area contributed by atoms with Gasteiger partial charge in [0.1, 0.15) is 0 Å². The van der Waals surface area contributed by atoms with E-state index in [1.165, 1.54) is 0 Å². The van der Waals surface area contributed by atoms with Crippen molar-refractivity contribution in [1.29, 1.82) is 0 Å². The summed E-state index contributed by atoms with van der Waals surface area (Å²) in [6, 6.07) is 7.87. The number of amides is 1. The second-order valence-electron chi connectivity index (χ2n) is 6.65. The van der Waals surface area contributed by atoms with Gasteiger partial charge in [0.15, 0.2) is 0 Å². The molecule has 5 nitrogen and oxygen atoms in total. The molecule has 0 radical (unpaired) electrons. The molecule has 0 N–H and O–H groups in total. The summed E-state index contributed by atoms with van der Waals surface area (Å²) in [7, 11) is 0. The maximum atomic E-state index is 13.0. The smallest absolute Gasteiger partial charge is 0.227 e. The summed E-state index contributed by atoms with van der Waals surface area (Å²) < 4.78 is 10.9. The lowest BCUT2D eigenvalue weighted by atomic mass is 10.0. The van der Waals surface area contributed by atoms with Gasteiger partial charge in [-0.3, -0.25) is 9.69 Å². The number of carbonyl (C=O) groups is 1. The van der Waals surface area contributed by atoms with Gasteiger partial charge in [0, 0.05) is 50.5 Å². The van der Waals surface area contributed by atoms with Crippen LogP contribution in [0, 0.1) is 0 Å². The molecule has 1 amide bonds. The Bertz CT molecular complexity index is 557. The Morgan fingerprint density at radius 2 is 1.80 bits per heavy atom. The van der Waals surface area contributed by atoms with E-state index in [4.69, 9.17) is 21.1 Å². The summed E-state index contributed by atoms with van der Waals surface area (Å²) in [6.45, 7) is 6.58. The van der Waals surface area contributed by atoms with Gasteiger partial charge in [0.05, 0.1) is 19.6 Å². The van der Waals surface area contributed by atoms with Crippen molar-refractivity contribution >= 4 is 17.5 Å². The quantitative estimate of drug-likeness (QED) is 0.774. The lowest BCUT2D eigenvalue weighted by Gasteiger charge is -2.36. The lowest BCUT2D eigenvalue weighted by molar-refractivity contribution is -0.135. The Hall–Kier alpha value is -1.14. The third-order valence-electron chi connectivity index (χ3n) is 5.01. The molecular weight excluding hydrogens is 340 g/mol. The third-order valence-corrected chi connectivity index (χ3v) is 5.38. The minimum absolute atomic E-state index is 0.160. The van der Waals surface area contributed by atoms with E-state index in [0.717, 1.165) is 71.0 Å². The molecule has 0 saturated carbocycles. The van der Waals surface area contributed by atoms with Crippen LogP contribution in [-0.2, 0) is 20.7 Å². The molecule has 0 atom stereocenters. The highest BCUT2D eigenvalue weighted by atomic mass is 35.5. The fourth-order valence-electron chi connectivity index (χ4n) is 3.49. The minimum atomic E-state index is 0.160. The van der Waals surface area contributed by atoms with Crippen molar-refractivity contribution in [3.63, 3.8) is 0 Å².